The zero-order valence-electron chi connectivity index (χ0n) is 17.2. The Morgan fingerprint density at radius 3 is 2.63 bits per heavy atom. The smallest absolute Gasteiger partial charge is 0.256 e. The first-order valence-corrected chi connectivity index (χ1v) is 11.7. The number of aromatic nitrogens is 2. The van der Waals surface area contributed by atoms with Crippen molar-refractivity contribution in [2.24, 2.45) is 5.92 Å². The average Bonchev–Trinajstić information content (AvgIpc) is 3.36. The Morgan fingerprint density at radius 2 is 1.93 bits per heavy atom. The highest BCUT2D eigenvalue weighted by Gasteiger charge is 2.23. The lowest BCUT2D eigenvalue weighted by Gasteiger charge is -2.31. The first kappa shape index (κ1) is 21.1. The fourth-order valence-corrected chi connectivity index (χ4v) is 5.04. The summed E-state index contributed by atoms with van der Waals surface area (Å²) in [6, 6.07) is 14.3. The molecular formula is C23H27ClN4OS. The molecule has 1 amide bonds. The molecule has 1 aromatic carbocycles. The van der Waals surface area contributed by atoms with Crippen molar-refractivity contribution in [2.45, 2.75) is 32.9 Å². The molecule has 4 rings (SSSR count). The minimum Gasteiger partial charge on any atom is -0.352 e. The Bertz CT molecular complexity index is 963. The number of rotatable bonds is 7. The minimum absolute atomic E-state index is 0.127. The van der Waals surface area contributed by atoms with Crippen LogP contribution in [0.2, 0.25) is 5.15 Å². The van der Waals surface area contributed by atoms with E-state index in [-0.39, 0.29) is 5.91 Å². The van der Waals surface area contributed by atoms with Crippen LogP contribution in [0.3, 0.4) is 0 Å². The summed E-state index contributed by atoms with van der Waals surface area (Å²) >= 11 is 8.33. The van der Waals surface area contributed by atoms with Crippen LogP contribution in [-0.4, -0.2) is 40.2 Å². The maximum absolute atomic E-state index is 12.8. The molecule has 0 aliphatic carbocycles. The van der Waals surface area contributed by atoms with Crippen molar-refractivity contribution in [3.05, 3.63) is 74.7 Å². The fourth-order valence-electron chi connectivity index (χ4n) is 3.97. The molecule has 3 aromatic rings. The van der Waals surface area contributed by atoms with Crippen LogP contribution in [0.15, 0.2) is 47.8 Å². The molecule has 1 saturated heterocycles. The number of nitrogens with one attached hydrogen (secondary N) is 1. The normalized spacial score (nSPS) is 15.4. The van der Waals surface area contributed by atoms with Crippen LogP contribution in [0, 0.1) is 12.8 Å². The molecule has 30 heavy (non-hydrogen) atoms. The molecule has 0 radical (unpaired) electrons. The number of piperidine rings is 1. The van der Waals surface area contributed by atoms with Crippen molar-refractivity contribution in [1.82, 2.24) is 20.0 Å². The van der Waals surface area contributed by atoms with Gasteiger partial charge >= 0.3 is 0 Å². The maximum Gasteiger partial charge on any atom is 0.256 e. The Kier molecular flexibility index (Phi) is 6.87. The summed E-state index contributed by atoms with van der Waals surface area (Å²) in [5, 5.41) is 10.1. The van der Waals surface area contributed by atoms with Crippen LogP contribution in [0.4, 0.5) is 0 Å². The second-order valence-electron chi connectivity index (χ2n) is 7.90. The largest absolute Gasteiger partial charge is 0.352 e. The number of hydrogen-bond acceptors (Lipinski definition) is 4. The number of hydrogen-bond donors (Lipinski definition) is 1. The summed E-state index contributed by atoms with van der Waals surface area (Å²) < 4.78 is 1.70. The predicted octanol–water partition coefficient (Wildman–Crippen LogP) is 4.60. The summed E-state index contributed by atoms with van der Waals surface area (Å²) in [5.41, 5.74) is 2.25. The van der Waals surface area contributed by atoms with E-state index in [9.17, 15) is 4.79 Å². The summed E-state index contributed by atoms with van der Waals surface area (Å²) in [7, 11) is 0. The molecule has 158 valence electrons. The van der Waals surface area contributed by atoms with Crippen LogP contribution in [0.25, 0.3) is 0 Å². The van der Waals surface area contributed by atoms with E-state index in [1.54, 1.807) is 4.68 Å². The third-order valence-corrected chi connectivity index (χ3v) is 6.93. The number of carbonyl (C=O) groups is 1. The first-order valence-electron chi connectivity index (χ1n) is 10.4. The van der Waals surface area contributed by atoms with Gasteiger partial charge in [0.1, 0.15) is 5.15 Å². The zero-order valence-corrected chi connectivity index (χ0v) is 18.8. The molecule has 1 N–H and O–H groups in total. The SMILES string of the molecule is Cc1nn(Cc2ccccc2)c(Cl)c1C(=O)NCC1CCN(Cc2cccs2)CC1. The molecule has 0 bridgehead atoms. The fraction of sp³-hybridized carbons (Fsp3) is 0.391. The average molecular weight is 443 g/mol. The summed E-state index contributed by atoms with van der Waals surface area (Å²) in [6.45, 7) is 6.26. The Hall–Kier alpha value is -2.15. The standard InChI is InChI=1S/C23H27ClN4OS/c1-17-21(22(24)28(26-17)15-19-6-3-2-4-7-19)23(29)25-14-18-9-11-27(12-10-18)16-20-8-5-13-30-20/h2-8,13,18H,9-12,14-16H2,1H3,(H,25,29). The van der Waals surface area contributed by atoms with Gasteiger partial charge in [-0.3, -0.25) is 9.69 Å². The lowest BCUT2D eigenvalue weighted by atomic mass is 9.96. The van der Waals surface area contributed by atoms with Gasteiger partial charge in [-0.1, -0.05) is 48.0 Å². The van der Waals surface area contributed by atoms with Gasteiger partial charge in [-0.25, -0.2) is 4.68 Å². The monoisotopic (exact) mass is 442 g/mol. The molecule has 0 saturated carbocycles. The maximum atomic E-state index is 12.8. The van der Waals surface area contributed by atoms with Crippen molar-refractivity contribution in [3.8, 4) is 0 Å². The third kappa shape index (κ3) is 5.12. The van der Waals surface area contributed by atoms with Gasteiger partial charge in [-0.2, -0.15) is 5.10 Å². The molecule has 3 heterocycles. The number of thiophene rings is 1. The zero-order chi connectivity index (χ0) is 20.9. The number of benzene rings is 1. The first-order chi connectivity index (χ1) is 14.6. The van der Waals surface area contributed by atoms with E-state index in [0.717, 1.165) is 38.0 Å². The number of carbonyl (C=O) groups excluding carboxylic acids is 1. The van der Waals surface area contributed by atoms with E-state index >= 15 is 0 Å². The van der Waals surface area contributed by atoms with E-state index in [0.29, 0.717) is 35.4 Å². The Balaban J connectivity index is 1.29. The van der Waals surface area contributed by atoms with Crippen molar-refractivity contribution < 1.29 is 4.79 Å². The number of likely N-dealkylation sites (tertiary alicyclic amines) is 1. The summed E-state index contributed by atoms with van der Waals surface area (Å²) in [6.07, 6.45) is 2.21. The molecule has 0 unspecified atom stereocenters. The lowest BCUT2D eigenvalue weighted by Crippen LogP contribution is -2.38. The number of aryl methyl sites for hydroxylation is 1. The van der Waals surface area contributed by atoms with Crippen LogP contribution >= 0.6 is 22.9 Å². The second kappa shape index (κ2) is 9.77. The molecule has 0 atom stereocenters. The van der Waals surface area contributed by atoms with Gasteiger partial charge in [0.25, 0.3) is 5.91 Å². The van der Waals surface area contributed by atoms with Crippen molar-refractivity contribution in [3.63, 3.8) is 0 Å². The van der Waals surface area contributed by atoms with Crippen LogP contribution < -0.4 is 5.32 Å². The molecule has 7 heteroatoms. The van der Waals surface area contributed by atoms with Crippen molar-refractivity contribution in [2.75, 3.05) is 19.6 Å². The Morgan fingerprint density at radius 1 is 1.17 bits per heavy atom. The molecule has 1 aliphatic heterocycles. The van der Waals surface area contributed by atoms with E-state index in [1.807, 2.05) is 48.6 Å². The van der Waals surface area contributed by atoms with Gasteiger partial charge in [-0.15, -0.1) is 11.3 Å². The van der Waals surface area contributed by atoms with Gasteiger partial charge in [0.2, 0.25) is 0 Å². The van der Waals surface area contributed by atoms with Gasteiger partial charge in [0.15, 0.2) is 0 Å². The molecule has 5 nitrogen and oxygen atoms in total. The number of halogens is 1. The van der Waals surface area contributed by atoms with Crippen LogP contribution in [0.5, 0.6) is 0 Å². The quantitative estimate of drug-likeness (QED) is 0.581. The predicted molar refractivity (Wildman–Crippen MR) is 122 cm³/mol. The second-order valence-corrected chi connectivity index (χ2v) is 9.29. The van der Waals surface area contributed by atoms with Crippen molar-refractivity contribution in [1.29, 1.82) is 0 Å². The third-order valence-electron chi connectivity index (χ3n) is 5.69. The van der Waals surface area contributed by atoms with Crippen LogP contribution in [-0.2, 0) is 13.1 Å². The highest BCUT2D eigenvalue weighted by atomic mass is 35.5. The van der Waals surface area contributed by atoms with Crippen molar-refractivity contribution >= 4 is 28.8 Å². The van der Waals surface area contributed by atoms with E-state index in [1.165, 1.54) is 4.88 Å². The highest BCUT2D eigenvalue weighted by Crippen LogP contribution is 2.23. The molecule has 0 spiro atoms. The molecule has 1 aliphatic rings. The molecule has 1 fully saturated rings. The highest BCUT2D eigenvalue weighted by molar-refractivity contribution is 7.09. The topological polar surface area (TPSA) is 50.2 Å². The van der Waals surface area contributed by atoms with E-state index in [2.05, 4.69) is 32.8 Å². The van der Waals surface area contributed by atoms with Gasteiger partial charge in [-0.05, 0) is 55.8 Å². The Labute approximate surface area is 186 Å². The minimum atomic E-state index is -0.127. The number of amides is 1. The van der Waals surface area contributed by atoms with Gasteiger partial charge in [0.05, 0.1) is 17.8 Å². The van der Waals surface area contributed by atoms with Gasteiger partial charge in [0, 0.05) is 18.0 Å². The molecular weight excluding hydrogens is 416 g/mol. The van der Waals surface area contributed by atoms with Gasteiger partial charge < -0.3 is 5.32 Å². The van der Waals surface area contributed by atoms with E-state index < -0.39 is 0 Å². The lowest BCUT2D eigenvalue weighted by molar-refractivity contribution is 0.0935. The van der Waals surface area contributed by atoms with E-state index in [4.69, 9.17) is 11.6 Å². The molecule has 2 aromatic heterocycles. The summed E-state index contributed by atoms with van der Waals surface area (Å²) in [5.74, 6) is 0.379. The number of nitrogens with zero attached hydrogens (tertiary/aromatic N) is 3. The van der Waals surface area contributed by atoms with Crippen LogP contribution in [0.1, 0.15) is 39.3 Å². The summed E-state index contributed by atoms with van der Waals surface area (Å²) in [4.78, 5) is 16.7.